The first-order chi connectivity index (χ1) is 13.2. The molecule has 1 amide bonds. The largest absolute Gasteiger partial charge is 0.487 e. The highest BCUT2D eigenvalue weighted by Gasteiger charge is 2.22. The SMILES string of the molecule is CCOC1CCCN(C(=O)/C=C/c2ccccc2OCc2csc(C)n2)C1. The number of thiazole rings is 1. The molecule has 27 heavy (non-hydrogen) atoms. The van der Waals surface area contributed by atoms with Crippen LogP contribution in [0, 0.1) is 6.92 Å². The number of amides is 1. The Labute approximate surface area is 164 Å². The molecule has 1 aromatic heterocycles. The first-order valence-electron chi connectivity index (χ1n) is 9.37. The third-order valence-electron chi connectivity index (χ3n) is 4.46. The van der Waals surface area contributed by atoms with E-state index in [1.807, 2.05) is 54.5 Å². The number of aromatic nitrogens is 1. The van der Waals surface area contributed by atoms with Crippen LogP contribution >= 0.6 is 11.3 Å². The Kier molecular flexibility index (Phi) is 7.01. The fraction of sp³-hybridized carbons (Fsp3) is 0.429. The summed E-state index contributed by atoms with van der Waals surface area (Å²) in [4.78, 5) is 18.8. The minimum Gasteiger partial charge on any atom is -0.487 e. The lowest BCUT2D eigenvalue weighted by Gasteiger charge is -2.31. The van der Waals surface area contributed by atoms with Crippen molar-refractivity contribution in [1.29, 1.82) is 0 Å². The van der Waals surface area contributed by atoms with Crippen molar-refractivity contribution in [2.45, 2.75) is 39.4 Å². The molecule has 1 aliphatic heterocycles. The Hall–Kier alpha value is -2.18. The minimum absolute atomic E-state index is 0.0179. The van der Waals surface area contributed by atoms with Crippen LogP contribution in [0.5, 0.6) is 5.75 Å². The second kappa shape index (κ2) is 9.67. The van der Waals surface area contributed by atoms with Gasteiger partial charge >= 0.3 is 0 Å². The number of carbonyl (C=O) groups excluding carboxylic acids is 1. The second-order valence-electron chi connectivity index (χ2n) is 6.52. The van der Waals surface area contributed by atoms with Crippen LogP contribution in [-0.2, 0) is 16.1 Å². The van der Waals surface area contributed by atoms with E-state index in [9.17, 15) is 4.79 Å². The van der Waals surface area contributed by atoms with Crippen molar-refractivity contribution in [3.05, 3.63) is 52.0 Å². The highest BCUT2D eigenvalue weighted by molar-refractivity contribution is 7.09. The van der Waals surface area contributed by atoms with E-state index in [2.05, 4.69) is 4.98 Å². The van der Waals surface area contributed by atoms with Gasteiger partial charge < -0.3 is 14.4 Å². The summed E-state index contributed by atoms with van der Waals surface area (Å²) in [5.74, 6) is 0.766. The summed E-state index contributed by atoms with van der Waals surface area (Å²) in [5.41, 5.74) is 1.80. The van der Waals surface area contributed by atoms with Crippen LogP contribution in [0.3, 0.4) is 0 Å². The Morgan fingerprint density at radius 1 is 1.41 bits per heavy atom. The molecule has 2 aromatic rings. The predicted octanol–water partition coefficient (Wildman–Crippen LogP) is 4.07. The lowest BCUT2D eigenvalue weighted by molar-refractivity contribution is -0.129. The standard InChI is InChI=1S/C21H26N2O3S/c1-3-25-19-8-6-12-23(13-19)21(24)11-10-17-7-4-5-9-20(17)26-14-18-15-27-16(2)22-18/h4-5,7,9-11,15,19H,3,6,8,12-14H2,1-2H3/b11-10+. The van der Waals surface area contributed by atoms with Crippen molar-refractivity contribution in [3.8, 4) is 5.75 Å². The van der Waals surface area contributed by atoms with E-state index < -0.39 is 0 Å². The molecule has 0 saturated carbocycles. The molecule has 1 unspecified atom stereocenters. The van der Waals surface area contributed by atoms with E-state index in [1.165, 1.54) is 0 Å². The van der Waals surface area contributed by atoms with E-state index >= 15 is 0 Å². The number of aryl methyl sites for hydroxylation is 1. The van der Waals surface area contributed by atoms with Crippen LogP contribution in [0.1, 0.15) is 36.0 Å². The Bertz CT molecular complexity index is 785. The molecule has 5 nitrogen and oxygen atoms in total. The zero-order valence-corrected chi connectivity index (χ0v) is 16.7. The zero-order chi connectivity index (χ0) is 19.1. The van der Waals surface area contributed by atoms with Crippen LogP contribution in [0.25, 0.3) is 6.08 Å². The third kappa shape index (κ3) is 5.65. The van der Waals surface area contributed by atoms with Crippen LogP contribution in [0.15, 0.2) is 35.7 Å². The Balaban J connectivity index is 1.61. The van der Waals surface area contributed by atoms with Crippen LogP contribution in [-0.4, -0.2) is 41.6 Å². The second-order valence-corrected chi connectivity index (χ2v) is 7.58. The smallest absolute Gasteiger partial charge is 0.246 e. The van der Waals surface area contributed by atoms with E-state index in [0.717, 1.165) is 41.4 Å². The number of benzene rings is 1. The highest BCUT2D eigenvalue weighted by Crippen LogP contribution is 2.22. The normalized spacial score (nSPS) is 17.4. The van der Waals surface area contributed by atoms with Crippen LogP contribution in [0.4, 0.5) is 0 Å². The predicted molar refractivity (Wildman–Crippen MR) is 108 cm³/mol. The molecule has 1 saturated heterocycles. The van der Waals surface area contributed by atoms with Crippen molar-refractivity contribution in [3.63, 3.8) is 0 Å². The first kappa shape index (κ1) is 19.6. The monoisotopic (exact) mass is 386 g/mol. The number of para-hydroxylation sites is 1. The number of nitrogens with zero attached hydrogens (tertiary/aromatic N) is 2. The molecule has 0 bridgehead atoms. The summed E-state index contributed by atoms with van der Waals surface area (Å²) in [6.07, 6.45) is 5.61. The molecule has 0 N–H and O–H groups in total. The first-order valence-corrected chi connectivity index (χ1v) is 10.2. The van der Waals surface area contributed by atoms with Crippen LogP contribution < -0.4 is 4.74 Å². The average molecular weight is 387 g/mol. The van der Waals surface area contributed by atoms with Gasteiger partial charge in [-0.3, -0.25) is 4.79 Å². The van der Waals surface area contributed by atoms with Crippen molar-refractivity contribution >= 4 is 23.3 Å². The topological polar surface area (TPSA) is 51.7 Å². The minimum atomic E-state index is 0.0179. The summed E-state index contributed by atoms with van der Waals surface area (Å²) >= 11 is 1.61. The number of hydrogen-bond donors (Lipinski definition) is 0. The van der Waals surface area contributed by atoms with Gasteiger partial charge in [0, 0.05) is 36.7 Å². The van der Waals surface area contributed by atoms with Gasteiger partial charge in [0.1, 0.15) is 12.4 Å². The fourth-order valence-corrected chi connectivity index (χ4v) is 3.75. The molecular weight excluding hydrogens is 360 g/mol. The van der Waals surface area contributed by atoms with Gasteiger partial charge in [-0.25, -0.2) is 4.98 Å². The van der Waals surface area contributed by atoms with Gasteiger partial charge in [-0.15, -0.1) is 11.3 Å². The summed E-state index contributed by atoms with van der Waals surface area (Å²) in [6.45, 7) is 6.53. The van der Waals surface area contributed by atoms with Gasteiger partial charge in [0.2, 0.25) is 5.91 Å². The molecular formula is C21H26N2O3S. The number of hydrogen-bond acceptors (Lipinski definition) is 5. The molecule has 0 aliphatic carbocycles. The van der Waals surface area contributed by atoms with Gasteiger partial charge in [0.25, 0.3) is 0 Å². The fourth-order valence-electron chi connectivity index (χ4n) is 3.15. The maximum absolute atomic E-state index is 12.5. The van der Waals surface area contributed by atoms with Crippen LogP contribution in [0.2, 0.25) is 0 Å². The molecule has 0 spiro atoms. The molecule has 3 rings (SSSR count). The van der Waals surface area contributed by atoms with Gasteiger partial charge in [-0.2, -0.15) is 0 Å². The Morgan fingerprint density at radius 2 is 2.26 bits per heavy atom. The number of carbonyl (C=O) groups is 1. The summed E-state index contributed by atoms with van der Waals surface area (Å²) < 4.78 is 11.6. The quantitative estimate of drug-likeness (QED) is 0.673. The molecule has 144 valence electrons. The van der Waals surface area contributed by atoms with Gasteiger partial charge in [0.15, 0.2) is 0 Å². The lowest BCUT2D eigenvalue weighted by Crippen LogP contribution is -2.42. The third-order valence-corrected chi connectivity index (χ3v) is 5.28. The average Bonchev–Trinajstić information content (AvgIpc) is 3.11. The zero-order valence-electron chi connectivity index (χ0n) is 15.9. The maximum Gasteiger partial charge on any atom is 0.246 e. The molecule has 1 atom stereocenters. The summed E-state index contributed by atoms with van der Waals surface area (Å²) in [6, 6.07) is 7.73. The van der Waals surface area contributed by atoms with E-state index in [0.29, 0.717) is 19.8 Å². The molecule has 1 aromatic carbocycles. The molecule has 2 heterocycles. The maximum atomic E-state index is 12.5. The van der Waals surface area contributed by atoms with Gasteiger partial charge in [-0.05, 0) is 38.8 Å². The lowest BCUT2D eigenvalue weighted by atomic mass is 10.1. The van der Waals surface area contributed by atoms with Crippen molar-refractivity contribution in [1.82, 2.24) is 9.88 Å². The number of rotatable bonds is 7. The number of piperidine rings is 1. The Morgan fingerprint density at radius 3 is 3.04 bits per heavy atom. The van der Waals surface area contributed by atoms with E-state index in [4.69, 9.17) is 9.47 Å². The highest BCUT2D eigenvalue weighted by atomic mass is 32.1. The van der Waals surface area contributed by atoms with Crippen molar-refractivity contribution < 1.29 is 14.3 Å². The summed E-state index contributed by atoms with van der Waals surface area (Å²) in [5, 5.41) is 3.03. The number of ether oxygens (including phenoxy) is 2. The molecule has 1 aliphatic rings. The van der Waals surface area contributed by atoms with Gasteiger partial charge in [-0.1, -0.05) is 18.2 Å². The van der Waals surface area contributed by atoms with E-state index in [1.54, 1.807) is 17.4 Å². The molecule has 0 radical (unpaired) electrons. The van der Waals surface area contributed by atoms with Crippen molar-refractivity contribution in [2.24, 2.45) is 0 Å². The molecule has 6 heteroatoms. The summed E-state index contributed by atoms with van der Waals surface area (Å²) in [7, 11) is 0. The van der Waals surface area contributed by atoms with Crippen molar-refractivity contribution in [2.75, 3.05) is 19.7 Å². The van der Waals surface area contributed by atoms with Gasteiger partial charge in [0.05, 0.1) is 16.8 Å². The number of likely N-dealkylation sites (tertiary alicyclic amines) is 1. The molecule has 1 fully saturated rings. The van der Waals surface area contributed by atoms with E-state index in [-0.39, 0.29) is 12.0 Å².